The summed E-state index contributed by atoms with van der Waals surface area (Å²) in [4.78, 5) is 0. The van der Waals surface area contributed by atoms with Crippen LogP contribution in [-0.4, -0.2) is 23.6 Å². The molecular weight excluding hydrogens is 194 g/mol. The van der Waals surface area contributed by atoms with Gasteiger partial charge in [-0.2, -0.15) is 0 Å². The van der Waals surface area contributed by atoms with Gasteiger partial charge < -0.3 is 20.7 Å². The first-order valence-corrected chi connectivity index (χ1v) is 4.94. The Balaban J connectivity index is 2.16. The van der Waals surface area contributed by atoms with Gasteiger partial charge in [-0.3, -0.25) is 0 Å². The van der Waals surface area contributed by atoms with Crippen molar-refractivity contribution in [3.8, 4) is 0 Å². The van der Waals surface area contributed by atoms with E-state index in [4.69, 9.17) is 15.4 Å². The van der Waals surface area contributed by atoms with Crippen LogP contribution in [0.15, 0.2) is 28.0 Å². The van der Waals surface area contributed by atoms with E-state index in [1.807, 2.05) is 19.1 Å². The molecular formula is C10H17N3O2. The SMILES string of the molecule is CC(CCc1ccco1)NCC(N)=NO. The van der Waals surface area contributed by atoms with Gasteiger partial charge in [-0.15, -0.1) is 0 Å². The number of hydrogen-bond donors (Lipinski definition) is 3. The number of furan rings is 1. The fourth-order valence-electron chi connectivity index (χ4n) is 1.23. The van der Waals surface area contributed by atoms with Crippen LogP contribution in [0, 0.1) is 0 Å². The summed E-state index contributed by atoms with van der Waals surface area (Å²) < 4.78 is 5.21. The molecule has 5 nitrogen and oxygen atoms in total. The minimum absolute atomic E-state index is 0.194. The Morgan fingerprint density at radius 1 is 1.73 bits per heavy atom. The number of nitrogens with two attached hydrogens (primary N) is 1. The Morgan fingerprint density at radius 2 is 2.53 bits per heavy atom. The number of aryl methyl sites for hydroxylation is 1. The highest BCUT2D eigenvalue weighted by Crippen LogP contribution is 2.05. The van der Waals surface area contributed by atoms with Gasteiger partial charge in [-0.05, 0) is 25.5 Å². The molecule has 5 heteroatoms. The average Bonchev–Trinajstić information content (AvgIpc) is 2.75. The summed E-state index contributed by atoms with van der Waals surface area (Å²) in [5.41, 5.74) is 5.33. The number of nitrogens with one attached hydrogen (secondary N) is 1. The Hall–Kier alpha value is -1.49. The van der Waals surface area contributed by atoms with Gasteiger partial charge in [-0.25, -0.2) is 0 Å². The first-order chi connectivity index (χ1) is 7.22. The first kappa shape index (κ1) is 11.6. The summed E-state index contributed by atoms with van der Waals surface area (Å²) in [6, 6.07) is 4.13. The van der Waals surface area contributed by atoms with Gasteiger partial charge in [0.25, 0.3) is 0 Å². The minimum Gasteiger partial charge on any atom is -0.469 e. The van der Waals surface area contributed by atoms with Gasteiger partial charge in [0.1, 0.15) is 5.76 Å². The molecule has 0 bridgehead atoms. The summed E-state index contributed by atoms with van der Waals surface area (Å²) in [5, 5.41) is 14.4. The third-order valence-electron chi connectivity index (χ3n) is 2.16. The van der Waals surface area contributed by atoms with Gasteiger partial charge in [-0.1, -0.05) is 5.16 Å². The van der Waals surface area contributed by atoms with Crippen molar-refractivity contribution in [3.63, 3.8) is 0 Å². The van der Waals surface area contributed by atoms with Gasteiger partial charge in [0.2, 0.25) is 0 Å². The number of nitrogens with zero attached hydrogens (tertiary/aromatic N) is 1. The van der Waals surface area contributed by atoms with Crippen LogP contribution in [0.2, 0.25) is 0 Å². The zero-order valence-corrected chi connectivity index (χ0v) is 8.81. The first-order valence-electron chi connectivity index (χ1n) is 4.94. The molecule has 0 radical (unpaired) electrons. The van der Waals surface area contributed by atoms with Gasteiger partial charge in [0.15, 0.2) is 5.84 Å². The molecule has 0 spiro atoms. The smallest absolute Gasteiger partial charge is 0.153 e. The molecule has 0 aliphatic carbocycles. The van der Waals surface area contributed by atoms with Crippen LogP contribution in [0.1, 0.15) is 19.1 Å². The second-order valence-electron chi connectivity index (χ2n) is 3.49. The van der Waals surface area contributed by atoms with E-state index in [0.717, 1.165) is 18.6 Å². The summed E-state index contributed by atoms with van der Waals surface area (Å²) in [5.74, 6) is 1.17. The van der Waals surface area contributed by atoms with Crippen molar-refractivity contribution < 1.29 is 9.62 Å². The Labute approximate surface area is 88.9 Å². The fraction of sp³-hybridized carbons (Fsp3) is 0.500. The predicted molar refractivity (Wildman–Crippen MR) is 57.9 cm³/mol. The lowest BCUT2D eigenvalue weighted by molar-refractivity contribution is 0.316. The zero-order valence-electron chi connectivity index (χ0n) is 8.81. The van der Waals surface area contributed by atoms with Crippen molar-refractivity contribution in [1.29, 1.82) is 0 Å². The Morgan fingerprint density at radius 3 is 3.13 bits per heavy atom. The third-order valence-corrected chi connectivity index (χ3v) is 2.16. The maximum atomic E-state index is 8.34. The highest BCUT2D eigenvalue weighted by Gasteiger charge is 2.04. The van der Waals surface area contributed by atoms with Gasteiger partial charge >= 0.3 is 0 Å². The monoisotopic (exact) mass is 211 g/mol. The van der Waals surface area contributed by atoms with E-state index in [1.165, 1.54) is 0 Å². The molecule has 1 aromatic rings. The molecule has 4 N–H and O–H groups in total. The summed E-state index contributed by atoms with van der Waals surface area (Å²) >= 11 is 0. The maximum Gasteiger partial charge on any atom is 0.153 e. The molecule has 1 unspecified atom stereocenters. The Kier molecular flexibility index (Phi) is 4.70. The van der Waals surface area contributed by atoms with Crippen molar-refractivity contribution >= 4 is 5.84 Å². The van der Waals surface area contributed by atoms with Crippen LogP contribution < -0.4 is 11.1 Å². The third kappa shape index (κ3) is 4.51. The van der Waals surface area contributed by atoms with E-state index in [2.05, 4.69) is 10.5 Å². The lowest BCUT2D eigenvalue weighted by atomic mass is 10.1. The van der Waals surface area contributed by atoms with Crippen molar-refractivity contribution in [2.24, 2.45) is 10.9 Å². The second kappa shape index (κ2) is 6.08. The van der Waals surface area contributed by atoms with Crippen LogP contribution in [0.3, 0.4) is 0 Å². The molecule has 1 atom stereocenters. The lowest BCUT2D eigenvalue weighted by Crippen LogP contribution is -2.35. The Bertz CT molecular complexity index is 296. The van der Waals surface area contributed by atoms with Crippen LogP contribution in [0.25, 0.3) is 0 Å². The predicted octanol–water partition coefficient (Wildman–Crippen LogP) is 0.937. The van der Waals surface area contributed by atoms with Crippen molar-refractivity contribution in [2.75, 3.05) is 6.54 Å². The van der Waals surface area contributed by atoms with E-state index < -0.39 is 0 Å². The van der Waals surface area contributed by atoms with Crippen LogP contribution in [0.4, 0.5) is 0 Å². The van der Waals surface area contributed by atoms with E-state index in [0.29, 0.717) is 12.6 Å². The lowest BCUT2D eigenvalue weighted by Gasteiger charge is -2.11. The van der Waals surface area contributed by atoms with E-state index >= 15 is 0 Å². The number of oxime groups is 1. The maximum absolute atomic E-state index is 8.34. The molecule has 1 rings (SSSR count). The molecule has 15 heavy (non-hydrogen) atoms. The summed E-state index contributed by atoms with van der Waals surface area (Å²) in [7, 11) is 0. The minimum atomic E-state index is 0.194. The molecule has 84 valence electrons. The molecule has 1 heterocycles. The number of amidine groups is 1. The second-order valence-corrected chi connectivity index (χ2v) is 3.49. The zero-order chi connectivity index (χ0) is 11.1. The molecule has 0 fully saturated rings. The molecule has 0 saturated heterocycles. The molecule has 0 saturated carbocycles. The summed E-state index contributed by atoms with van der Waals surface area (Å²) in [6.45, 7) is 2.45. The van der Waals surface area contributed by atoms with E-state index in [1.54, 1.807) is 6.26 Å². The van der Waals surface area contributed by atoms with Gasteiger partial charge in [0, 0.05) is 12.5 Å². The van der Waals surface area contributed by atoms with Crippen LogP contribution in [0.5, 0.6) is 0 Å². The van der Waals surface area contributed by atoms with Crippen molar-refractivity contribution in [2.45, 2.75) is 25.8 Å². The molecule has 0 aliphatic heterocycles. The molecule has 0 aliphatic rings. The highest BCUT2D eigenvalue weighted by atomic mass is 16.4. The largest absolute Gasteiger partial charge is 0.469 e. The van der Waals surface area contributed by atoms with Gasteiger partial charge in [0.05, 0.1) is 12.8 Å². The normalized spacial score (nSPS) is 14.1. The number of rotatable bonds is 6. The molecule has 0 amide bonds. The standard InChI is InChI=1S/C10H17N3O2/c1-8(12-7-10(11)13-14)4-5-9-3-2-6-15-9/h2-3,6,8,12,14H,4-5,7H2,1H3,(H2,11,13). The van der Waals surface area contributed by atoms with E-state index in [9.17, 15) is 0 Å². The molecule has 0 aromatic carbocycles. The topological polar surface area (TPSA) is 83.8 Å². The number of hydrogen-bond acceptors (Lipinski definition) is 4. The quantitative estimate of drug-likeness (QED) is 0.283. The van der Waals surface area contributed by atoms with Crippen molar-refractivity contribution in [3.05, 3.63) is 24.2 Å². The average molecular weight is 211 g/mol. The van der Waals surface area contributed by atoms with Crippen molar-refractivity contribution in [1.82, 2.24) is 5.32 Å². The van der Waals surface area contributed by atoms with Crippen LogP contribution >= 0.6 is 0 Å². The highest BCUT2D eigenvalue weighted by molar-refractivity contribution is 5.81. The summed E-state index contributed by atoms with van der Waals surface area (Å²) in [6.07, 6.45) is 3.51. The molecule has 1 aromatic heterocycles. The van der Waals surface area contributed by atoms with E-state index in [-0.39, 0.29) is 5.84 Å². The van der Waals surface area contributed by atoms with Crippen LogP contribution in [-0.2, 0) is 6.42 Å². The fourth-order valence-corrected chi connectivity index (χ4v) is 1.23.